The molecule has 0 unspecified atom stereocenters. The SMILES string of the molecule is CC.CC(C)CCOc1ccc2c(c1)CCC(=O)N2C1CC(O)C1. The van der Waals surface area contributed by atoms with Gasteiger partial charge in [-0.05, 0) is 55.4 Å². The van der Waals surface area contributed by atoms with Crippen LogP contribution in [0.25, 0.3) is 0 Å². The van der Waals surface area contributed by atoms with Crippen molar-refractivity contribution >= 4 is 11.6 Å². The molecule has 1 aromatic carbocycles. The van der Waals surface area contributed by atoms with Gasteiger partial charge in [0.05, 0.1) is 12.7 Å². The Morgan fingerprint density at radius 2 is 1.96 bits per heavy atom. The predicted molar refractivity (Wildman–Crippen MR) is 97.6 cm³/mol. The molecule has 1 aliphatic carbocycles. The standard InChI is InChI=1S/C18H25NO3.C2H6/c1-12(2)7-8-22-16-4-5-17-13(9-16)3-6-18(21)19(17)14-10-15(20)11-14;1-2/h4-5,9,12,14-15,20H,3,6-8,10-11H2,1-2H3;1-2H3. The summed E-state index contributed by atoms with van der Waals surface area (Å²) in [6.45, 7) is 9.10. The molecule has 1 aliphatic heterocycles. The van der Waals surface area contributed by atoms with E-state index in [-0.39, 0.29) is 18.1 Å². The highest BCUT2D eigenvalue weighted by Gasteiger charge is 2.38. The molecule has 1 amide bonds. The topological polar surface area (TPSA) is 49.8 Å². The van der Waals surface area contributed by atoms with Gasteiger partial charge in [-0.25, -0.2) is 0 Å². The molecule has 0 radical (unpaired) electrons. The molecule has 0 bridgehead atoms. The number of aryl methyl sites for hydroxylation is 1. The van der Waals surface area contributed by atoms with Crippen molar-refractivity contribution in [2.24, 2.45) is 5.92 Å². The number of carbonyl (C=O) groups excluding carboxylic acids is 1. The zero-order valence-electron chi connectivity index (χ0n) is 15.4. The second-order valence-electron chi connectivity index (χ2n) is 6.86. The zero-order chi connectivity index (χ0) is 17.7. The number of nitrogens with zero attached hydrogens (tertiary/aromatic N) is 1. The summed E-state index contributed by atoms with van der Waals surface area (Å²) in [5.74, 6) is 1.70. The molecule has 1 heterocycles. The number of amides is 1. The number of hydrogen-bond donors (Lipinski definition) is 1. The summed E-state index contributed by atoms with van der Waals surface area (Å²) < 4.78 is 5.82. The fourth-order valence-corrected chi connectivity index (χ4v) is 3.17. The Morgan fingerprint density at radius 1 is 1.25 bits per heavy atom. The molecule has 3 rings (SSSR count). The molecule has 1 fully saturated rings. The van der Waals surface area contributed by atoms with Crippen LogP contribution in [0, 0.1) is 5.92 Å². The van der Waals surface area contributed by atoms with Gasteiger partial charge in [-0.2, -0.15) is 0 Å². The van der Waals surface area contributed by atoms with E-state index in [4.69, 9.17) is 4.74 Å². The van der Waals surface area contributed by atoms with E-state index < -0.39 is 0 Å². The molecule has 0 spiro atoms. The Kier molecular flexibility index (Phi) is 6.67. The van der Waals surface area contributed by atoms with Gasteiger partial charge in [0.1, 0.15) is 5.75 Å². The van der Waals surface area contributed by atoms with Crippen molar-refractivity contribution < 1.29 is 14.6 Å². The second kappa shape index (κ2) is 8.52. The molecule has 4 nitrogen and oxygen atoms in total. The number of anilines is 1. The molecular formula is C20H31NO3. The van der Waals surface area contributed by atoms with Crippen LogP contribution in [0.4, 0.5) is 5.69 Å². The van der Waals surface area contributed by atoms with E-state index in [1.54, 1.807) is 0 Å². The molecule has 134 valence electrons. The van der Waals surface area contributed by atoms with E-state index in [2.05, 4.69) is 19.9 Å². The number of carbonyl (C=O) groups is 1. The summed E-state index contributed by atoms with van der Waals surface area (Å²) in [7, 11) is 0. The molecule has 24 heavy (non-hydrogen) atoms. The number of hydrogen-bond acceptors (Lipinski definition) is 3. The number of aliphatic hydroxyl groups excluding tert-OH is 1. The average molecular weight is 333 g/mol. The third-order valence-corrected chi connectivity index (χ3v) is 4.60. The van der Waals surface area contributed by atoms with Gasteiger partial charge >= 0.3 is 0 Å². The molecular weight excluding hydrogens is 302 g/mol. The Hall–Kier alpha value is -1.55. The third kappa shape index (κ3) is 4.29. The molecule has 0 atom stereocenters. The zero-order valence-corrected chi connectivity index (χ0v) is 15.4. The number of rotatable bonds is 5. The van der Waals surface area contributed by atoms with Crippen LogP contribution in [0.2, 0.25) is 0 Å². The van der Waals surface area contributed by atoms with Crippen LogP contribution in [0.3, 0.4) is 0 Å². The largest absolute Gasteiger partial charge is 0.494 e. The van der Waals surface area contributed by atoms with E-state index in [9.17, 15) is 9.90 Å². The highest BCUT2D eigenvalue weighted by molar-refractivity contribution is 5.97. The molecule has 4 heteroatoms. The van der Waals surface area contributed by atoms with E-state index in [1.165, 1.54) is 5.56 Å². The Balaban J connectivity index is 0.00000100. The quantitative estimate of drug-likeness (QED) is 0.888. The number of fused-ring (bicyclic) bond motifs is 1. The van der Waals surface area contributed by atoms with Gasteiger partial charge in [-0.15, -0.1) is 0 Å². The van der Waals surface area contributed by atoms with Crippen LogP contribution in [0.5, 0.6) is 5.75 Å². The lowest BCUT2D eigenvalue weighted by Crippen LogP contribution is -2.51. The Bertz CT molecular complexity index is 550. The van der Waals surface area contributed by atoms with Gasteiger partial charge in [0, 0.05) is 18.2 Å². The van der Waals surface area contributed by atoms with Crippen molar-refractivity contribution in [2.45, 2.75) is 71.9 Å². The van der Waals surface area contributed by atoms with Crippen molar-refractivity contribution in [2.75, 3.05) is 11.5 Å². The van der Waals surface area contributed by atoms with Crippen molar-refractivity contribution in [3.63, 3.8) is 0 Å². The van der Waals surface area contributed by atoms with Crippen molar-refractivity contribution in [1.29, 1.82) is 0 Å². The van der Waals surface area contributed by atoms with E-state index >= 15 is 0 Å². The van der Waals surface area contributed by atoms with E-state index in [1.807, 2.05) is 30.9 Å². The highest BCUT2D eigenvalue weighted by atomic mass is 16.5. The molecule has 0 aromatic heterocycles. The van der Waals surface area contributed by atoms with Crippen LogP contribution in [-0.4, -0.2) is 29.8 Å². The normalized spacial score (nSPS) is 22.4. The first kappa shape index (κ1) is 18.8. The molecule has 1 saturated carbocycles. The fourth-order valence-electron chi connectivity index (χ4n) is 3.17. The van der Waals surface area contributed by atoms with Crippen LogP contribution in [-0.2, 0) is 11.2 Å². The molecule has 1 N–H and O–H groups in total. The maximum Gasteiger partial charge on any atom is 0.227 e. The first-order chi connectivity index (χ1) is 11.5. The Labute approximate surface area is 145 Å². The monoisotopic (exact) mass is 333 g/mol. The van der Waals surface area contributed by atoms with Crippen molar-refractivity contribution in [3.8, 4) is 5.75 Å². The summed E-state index contributed by atoms with van der Waals surface area (Å²) in [4.78, 5) is 14.1. The summed E-state index contributed by atoms with van der Waals surface area (Å²) in [5, 5.41) is 9.51. The van der Waals surface area contributed by atoms with Gasteiger partial charge in [-0.1, -0.05) is 27.7 Å². The second-order valence-corrected chi connectivity index (χ2v) is 6.86. The van der Waals surface area contributed by atoms with Gasteiger partial charge < -0.3 is 14.7 Å². The predicted octanol–water partition coefficient (Wildman–Crippen LogP) is 3.94. The van der Waals surface area contributed by atoms with Crippen LogP contribution in [0.15, 0.2) is 18.2 Å². The lowest BCUT2D eigenvalue weighted by molar-refractivity contribution is -0.120. The Morgan fingerprint density at radius 3 is 2.58 bits per heavy atom. The maximum absolute atomic E-state index is 12.2. The summed E-state index contributed by atoms with van der Waals surface area (Å²) in [6, 6.07) is 6.19. The van der Waals surface area contributed by atoms with Crippen LogP contribution >= 0.6 is 0 Å². The van der Waals surface area contributed by atoms with E-state index in [0.29, 0.717) is 25.2 Å². The van der Waals surface area contributed by atoms with Crippen LogP contribution in [0.1, 0.15) is 58.9 Å². The van der Waals surface area contributed by atoms with Crippen molar-refractivity contribution in [1.82, 2.24) is 0 Å². The third-order valence-electron chi connectivity index (χ3n) is 4.60. The average Bonchev–Trinajstić information content (AvgIpc) is 2.54. The first-order valence-electron chi connectivity index (χ1n) is 9.30. The molecule has 2 aliphatic rings. The molecule has 0 saturated heterocycles. The first-order valence-corrected chi connectivity index (χ1v) is 9.30. The summed E-state index contributed by atoms with van der Waals surface area (Å²) in [5.41, 5.74) is 2.19. The smallest absolute Gasteiger partial charge is 0.227 e. The van der Waals surface area contributed by atoms with Gasteiger partial charge in [-0.3, -0.25) is 4.79 Å². The maximum atomic E-state index is 12.2. The minimum atomic E-state index is -0.248. The summed E-state index contributed by atoms with van der Waals surface area (Å²) in [6.07, 6.45) is 3.51. The number of benzene rings is 1. The number of aliphatic hydroxyl groups is 1. The summed E-state index contributed by atoms with van der Waals surface area (Å²) >= 11 is 0. The number of ether oxygens (including phenoxy) is 1. The lowest BCUT2D eigenvalue weighted by atomic mass is 9.85. The van der Waals surface area contributed by atoms with Crippen molar-refractivity contribution in [3.05, 3.63) is 23.8 Å². The minimum Gasteiger partial charge on any atom is -0.494 e. The van der Waals surface area contributed by atoms with Crippen LogP contribution < -0.4 is 9.64 Å². The van der Waals surface area contributed by atoms with Gasteiger partial charge in [0.25, 0.3) is 0 Å². The lowest BCUT2D eigenvalue weighted by Gasteiger charge is -2.43. The molecule has 1 aromatic rings. The van der Waals surface area contributed by atoms with Gasteiger partial charge in [0.2, 0.25) is 5.91 Å². The van der Waals surface area contributed by atoms with Gasteiger partial charge in [0.15, 0.2) is 0 Å². The fraction of sp³-hybridized carbons (Fsp3) is 0.650. The highest BCUT2D eigenvalue weighted by Crippen LogP contribution is 2.37. The van der Waals surface area contributed by atoms with E-state index in [0.717, 1.165) is 30.9 Å². The minimum absolute atomic E-state index is 0.161.